The highest BCUT2D eigenvalue weighted by molar-refractivity contribution is 8.19. The highest BCUT2D eigenvalue weighted by Crippen LogP contribution is 2.43. The summed E-state index contributed by atoms with van der Waals surface area (Å²) in [5.74, 6) is 0. The summed E-state index contributed by atoms with van der Waals surface area (Å²) in [5.41, 5.74) is -0.971. The second-order valence-electron chi connectivity index (χ2n) is 4.75. The van der Waals surface area contributed by atoms with Crippen LogP contribution in [0.25, 0.3) is 10.9 Å². The maximum atomic E-state index is 12.5. The molecular weight excluding hydrogens is 358 g/mol. The van der Waals surface area contributed by atoms with Crippen molar-refractivity contribution in [2.24, 2.45) is 0 Å². The Morgan fingerprint density at radius 2 is 1.58 bits per heavy atom. The first-order valence-corrected chi connectivity index (χ1v) is 9.37. The third kappa shape index (κ3) is 2.79. The molecule has 24 heavy (non-hydrogen) atoms. The third-order valence-corrected chi connectivity index (χ3v) is 5.64. The van der Waals surface area contributed by atoms with Gasteiger partial charge in [-0.25, -0.2) is 0 Å². The Morgan fingerprint density at radius 3 is 2.21 bits per heavy atom. The Kier molecular flexibility index (Phi) is 3.89. The minimum Gasteiger partial charge on any atom is -0.304 e. The lowest BCUT2D eigenvalue weighted by Crippen LogP contribution is -2.31. The van der Waals surface area contributed by atoms with Crippen LogP contribution in [0.5, 0.6) is 0 Å². The predicted molar refractivity (Wildman–Crippen MR) is 86.6 cm³/mol. The van der Waals surface area contributed by atoms with E-state index in [1.807, 2.05) is 0 Å². The van der Waals surface area contributed by atoms with Crippen molar-refractivity contribution in [3.8, 4) is 0 Å². The zero-order valence-electron chi connectivity index (χ0n) is 11.8. The second kappa shape index (κ2) is 5.65. The summed E-state index contributed by atoms with van der Waals surface area (Å²) in [7, 11) is -8.32. The molecule has 0 radical (unpaired) electrons. The van der Waals surface area contributed by atoms with Crippen LogP contribution in [-0.4, -0.2) is 36.5 Å². The highest BCUT2D eigenvalue weighted by Gasteiger charge is 2.23. The van der Waals surface area contributed by atoms with E-state index in [1.54, 1.807) is 6.07 Å². The Morgan fingerprint density at radius 1 is 0.917 bits per heavy atom. The molecule has 0 aliphatic rings. The molecule has 126 valence electrons. The lowest BCUT2D eigenvalue weighted by molar-refractivity contribution is 0.376. The average Bonchev–Trinajstić information content (AvgIpc) is 2.54. The van der Waals surface area contributed by atoms with Crippen molar-refractivity contribution in [3.05, 3.63) is 58.9 Å². The Labute approximate surface area is 137 Å². The summed E-state index contributed by atoms with van der Waals surface area (Å²) in [6, 6.07) is 10.6. The summed E-state index contributed by atoms with van der Waals surface area (Å²) < 4.78 is 53.0. The van der Waals surface area contributed by atoms with E-state index in [2.05, 4.69) is 10.3 Å². The molecule has 0 atom stereocenters. The molecule has 3 aromatic rings. The predicted octanol–water partition coefficient (Wildman–Crippen LogP) is 1.61. The van der Waals surface area contributed by atoms with E-state index in [0.717, 1.165) is 12.1 Å². The highest BCUT2D eigenvalue weighted by atomic mass is 32.3. The van der Waals surface area contributed by atoms with Gasteiger partial charge in [0.1, 0.15) is 16.4 Å². The quantitative estimate of drug-likeness (QED) is 0.632. The lowest BCUT2D eigenvalue weighted by Gasteiger charge is -2.19. The molecule has 0 aliphatic heterocycles. The largest absolute Gasteiger partial charge is 0.304 e. The average molecular weight is 369 g/mol. The van der Waals surface area contributed by atoms with Crippen molar-refractivity contribution in [2.45, 2.75) is 9.79 Å². The number of hydrogen-bond donors (Lipinski definition) is 3. The van der Waals surface area contributed by atoms with Crippen LogP contribution in [-0.2, 0) is 10.0 Å². The summed E-state index contributed by atoms with van der Waals surface area (Å²) >= 11 is 0. The number of fused-ring (bicyclic) bond motifs is 1. The SMILES string of the molecule is O=c1c2cc(S(O)(O)O)ccc2nnn1S(=O)(=O)c1ccccc1. The molecule has 0 amide bonds. The molecule has 1 aromatic heterocycles. The van der Waals surface area contributed by atoms with Crippen molar-refractivity contribution in [1.82, 2.24) is 14.4 Å². The molecule has 3 rings (SSSR count). The normalized spacial score (nSPS) is 13.1. The van der Waals surface area contributed by atoms with E-state index in [0.29, 0.717) is 0 Å². The van der Waals surface area contributed by atoms with Gasteiger partial charge in [0.2, 0.25) is 0 Å². The van der Waals surface area contributed by atoms with Gasteiger partial charge in [0.25, 0.3) is 15.6 Å². The fourth-order valence-electron chi connectivity index (χ4n) is 2.03. The van der Waals surface area contributed by atoms with Crippen molar-refractivity contribution in [2.75, 3.05) is 0 Å². The van der Waals surface area contributed by atoms with Crippen LogP contribution in [0.2, 0.25) is 0 Å². The summed E-state index contributed by atoms with van der Waals surface area (Å²) in [6.45, 7) is 0. The number of rotatable bonds is 3. The maximum Gasteiger partial charge on any atom is 0.292 e. The van der Waals surface area contributed by atoms with Gasteiger partial charge in [-0.2, -0.15) is 8.42 Å². The van der Waals surface area contributed by atoms with Gasteiger partial charge >= 0.3 is 0 Å². The van der Waals surface area contributed by atoms with Gasteiger partial charge in [0, 0.05) is 0 Å². The number of hydrogen-bond acceptors (Lipinski definition) is 8. The smallest absolute Gasteiger partial charge is 0.292 e. The van der Waals surface area contributed by atoms with Crippen molar-refractivity contribution in [1.29, 1.82) is 0 Å². The van der Waals surface area contributed by atoms with Gasteiger partial charge in [-0.05, 0) is 35.5 Å². The standard InChI is InChI=1S/C13H11N3O6S2/c17-13-11-8-10(24(20,21)22)6-7-12(11)14-15-16(13)23(18,19)9-4-2-1-3-5-9/h1-8,20-22H. The first kappa shape index (κ1) is 16.5. The first-order chi connectivity index (χ1) is 11.2. The summed E-state index contributed by atoms with van der Waals surface area (Å²) in [6.07, 6.45) is 0. The van der Waals surface area contributed by atoms with Crippen molar-refractivity contribution < 1.29 is 22.1 Å². The van der Waals surface area contributed by atoms with Gasteiger partial charge in [0.05, 0.1) is 15.2 Å². The van der Waals surface area contributed by atoms with E-state index in [-0.39, 0.29) is 24.8 Å². The zero-order valence-corrected chi connectivity index (χ0v) is 13.5. The minimum atomic E-state index is -4.26. The second-order valence-corrected chi connectivity index (χ2v) is 8.03. The summed E-state index contributed by atoms with van der Waals surface area (Å²) in [5, 5.41) is 6.86. The Bertz CT molecular complexity index is 1070. The molecule has 0 spiro atoms. The van der Waals surface area contributed by atoms with Crippen LogP contribution in [0.3, 0.4) is 0 Å². The molecule has 0 saturated carbocycles. The van der Waals surface area contributed by atoms with Crippen LogP contribution in [0.4, 0.5) is 0 Å². The van der Waals surface area contributed by atoms with Crippen LogP contribution < -0.4 is 5.56 Å². The molecule has 3 N–H and O–H groups in total. The van der Waals surface area contributed by atoms with Crippen LogP contribution in [0.15, 0.2) is 63.1 Å². The Balaban J connectivity index is 2.28. The molecule has 2 aromatic carbocycles. The van der Waals surface area contributed by atoms with Gasteiger partial charge in [0.15, 0.2) is 0 Å². The van der Waals surface area contributed by atoms with Crippen LogP contribution in [0.1, 0.15) is 0 Å². The van der Waals surface area contributed by atoms with Gasteiger partial charge < -0.3 is 13.7 Å². The fraction of sp³-hybridized carbons (Fsp3) is 0. The van der Waals surface area contributed by atoms with Gasteiger partial charge in [-0.15, -0.1) is 5.10 Å². The molecule has 0 aliphatic carbocycles. The Hall–Kier alpha value is -2.31. The number of aromatic nitrogens is 3. The van der Waals surface area contributed by atoms with E-state index < -0.39 is 26.5 Å². The van der Waals surface area contributed by atoms with Crippen LogP contribution in [0, 0.1) is 0 Å². The minimum absolute atomic E-state index is 0.0481. The van der Waals surface area contributed by atoms with Crippen LogP contribution >= 0.6 is 10.9 Å². The van der Waals surface area contributed by atoms with Gasteiger partial charge in [-0.3, -0.25) is 4.79 Å². The van der Waals surface area contributed by atoms with Crippen molar-refractivity contribution in [3.63, 3.8) is 0 Å². The molecule has 0 fully saturated rings. The van der Waals surface area contributed by atoms with E-state index in [1.165, 1.54) is 30.3 Å². The number of nitrogens with zero attached hydrogens (tertiary/aromatic N) is 3. The topological polar surface area (TPSA) is 143 Å². The lowest BCUT2D eigenvalue weighted by atomic mass is 10.2. The molecule has 0 saturated heterocycles. The monoisotopic (exact) mass is 369 g/mol. The van der Waals surface area contributed by atoms with E-state index in [4.69, 9.17) is 0 Å². The van der Waals surface area contributed by atoms with Gasteiger partial charge in [-0.1, -0.05) is 22.3 Å². The fourth-order valence-corrected chi connectivity index (χ4v) is 3.70. The molecule has 11 heteroatoms. The zero-order chi connectivity index (χ0) is 17.5. The molecule has 9 nitrogen and oxygen atoms in total. The number of benzene rings is 2. The summed E-state index contributed by atoms with van der Waals surface area (Å²) in [4.78, 5) is 12.0. The molecule has 1 heterocycles. The van der Waals surface area contributed by atoms with E-state index in [9.17, 15) is 26.9 Å². The maximum absolute atomic E-state index is 12.5. The molecule has 0 unspecified atom stereocenters. The first-order valence-electron chi connectivity index (χ1n) is 6.42. The third-order valence-electron chi connectivity index (χ3n) is 3.19. The molecular formula is C13H11N3O6S2. The molecule has 0 bridgehead atoms. The van der Waals surface area contributed by atoms with E-state index >= 15 is 0 Å². The van der Waals surface area contributed by atoms with Crippen molar-refractivity contribution >= 4 is 31.8 Å².